The zero-order valence-electron chi connectivity index (χ0n) is 15.5. The molecule has 1 atom stereocenters. The van der Waals surface area contributed by atoms with Crippen molar-refractivity contribution in [3.05, 3.63) is 71.1 Å². The molecule has 0 spiro atoms. The molecule has 0 saturated heterocycles. The summed E-state index contributed by atoms with van der Waals surface area (Å²) in [6.45, 7) is 11.8. The average molecular weight is 371 g/mol. The Bertz CT molecular complexity index is 835. The maximum absolute atomic E-state index is 9.23. The third-order valence-electron chi connectivity index (χ3n) is 3.45. The van der Waals surface area contributed by atoms with Crippen molar-refractivity contribution in [1.82, 2.24) is 5.32 Å². The van der Waals surface area contributed by atoms with Crippen LogP contribution in [0.15, 0.2) is 54.9 Å². The van der Waals surface area contributed by atoms with Gasteiger partial charge in [-0.25, -0.2) is 0 Å². The molecule has 0 aliphatic heterocycles. The summed E-state index contributed by atoms with van der Waals surface area (Å²) >= 11 is 5.92. The number of nitriles is 1. The molecule has 0 aliphatic carbocycles. The standard InChI is InChI=1S/C21H23ClN2O2/c1-14(24-15(2)26-21(3,4)5)16-7-6-8-19(12-16)25-20-10-9-18(22)11-17(20)13-23/h6-12,14,24H,2H2,1,3-5H3. The zero-order valence-corrected chi connectivity index (χ0v) is 16.2. The molecule has 2 rings (SSSR count). The Morgan fingerprint density at radius 3 is 2.62 bits per heavy atom. The minimum atomic E-state index is -0.308. The maximum atomic E-state index is 9.23. The number of hydrogen-bond acceptors (Lipinski definition) is 4. The molecule has 0 saturated carbocycles. The molecule has 26 heavy (non-hydrogen) atoms. The molecule has 0 bridgehead atoms. The lowest BCUT2D eigenvalue weighted by atomic mass is 10.1. The Morgan fingerprint density at radius 2 is 1.96 bits per heavy atom. The van der Waals surface area contributed by atoms with Crippen molar-refractivity contribution in [3.63, 3.8) is 0 Å². The lowest BCUT2D eigenvalue weighted by Gasteiger charge is -2.26. The Labute approximate surface area is 160 Å². The van der Waals surface area contributed by atoms with Crippen molar-refractivity contribution in [2.75, 3.05) is 0 Å². The minimum Gasteiger partial charge on any atom is -0.474 e. The number of rotatable bonds is 6. The van der Waals surface area contributed by atoms with Gasteiger partial charge in [-0.15, -0.1) is 0 Å². The molecule has 136 valence electrons. The van der Waals surface area contributed by atoms with Gasteiger partial charge in [-0.2, -0.15) is 5.26 Å². The van der Waals surface area contributed by atoms with Gasteiger partial charge in [0.25, 0.3) is 0 Å². The third kappa shape index (κ3) is 5.72. The van der Waals surface area contributed by atoms with E-state index in [1.54, 1.807) is 18.2 Å². The minimum absolute atomic E-state index is 0.0194. The molecule has 2 aromatic rings. The van der Waals surface area contributed by atoms with Crippen LogP contribution in [0.1, 0.15) is 44.9 Å². The first-order chi connectivity index (χ1) is 12.2. The van der Waals surface area contributed by atoms with Crippen LogP contribution in [0, 0.1) is 11.3 Å². The van der Waals surface area contributed by atoms with Crippen molar-refractivity contribution >= 4 is 11.6 Å². The molecule has 0 heterocycles. The topological polar surface area (TPSA) is 54.3 Å². The van der Waals surface area contributed by atoms with Gasteiger partial charge >= 0.3 is 0 Å². The van der Waals surface area contributed by atoms with E-state index in [-0.39, 0.29) is 11.6 Å². The second-order valence-corrected chi connectivity index (χ2v) is 7.37. The fourth-order valence-electron chi connectivity index (χ4n) is 2.38. The van der Waals surface area contributed by atoms with E-state index in [1.165, 1.54) is 0 Å². The molecule has 0 fully saturated rings. The van der Waals surface area contributed by atoms with Crippen LogP contribution in [-0.2, 0) is 4.74 Å². The molecule has 0 aliphatic rings. The lowest BCUT2D eigenvalue weighted by Crippen LogP contribution is -2.27. The van der Waals surface area contributed by atoms with Gasteiger partial charge < -0.3 is 14.8 Å². The molecule has 5 heteroatoms. The molecule has 1 N–H and O–H groups in total. The summed E-state index contributed by atoms with van der Waals surface area (Å²) in [5.41, 5.74) is 1.09. The monoisotopic (exact) mass is 370 g/mol. The molecule has 1 unspecified atom stereocenters. The van der Waals surface area contributed by atoms with Gasteiger partial charge in [0.1, 0.15) is 23.2 Å². The van der Waals surface area contributed by atoms with Crippen LogP contribution in [0.25, 0.3) is 0 Å². The van der Waals surface area contributed by atoms with E-state index in [2.05, 4.69) is 18.0 Å². The third-order valence-corrected chi connectivity index (χ3v) is 3.69. The van der Waals surface area contributed by atoms with Gasteiger partial charge in [-0.05, 0) is 70.2 Å². The molecular weight excluding hydrogens is 348 g/mol. The van der Waals surface area contributed by atoms with Gasteiger partial charge in [0, 0.05) is 5.02 Å². The predicted octanol–water partition coefficient (Wildman–Crippen LogP) is 5.94. The van der Waals surface area contributed by atoms with Gasteiger partial charge in [0.2, 0.25) is 0 Å². The number of benzene rings is 2. The Hall–Kier alpha value is -2.64. The summed E-state index contributed by atoms with van der Waals surface area (Å²) < 4.78 is 11.6. The quantitative estimate of drug-likeness (QED) is 0.639. The van der Waals surface area contributed by atoms with E-state index in [4.69, 9.17) is 21.1 Å². The normalized spacial score (nSPS) is 12.0. The predicted molar refractivity (Wildman–Crippen MR) is 104 cm³/mol. The van der Waals surface area contributed by atoms with Gasteiger partial charge in [0.15, 0.2) is 5.88 Å². The van der Waals surface area contributed by atoms with E-state index in [1.807, 2.05) is 52.0 Å². The van der Waals surface area contributed by atoms with Crippen molar-refractivity contribution in [3.8, 4) is 17.6 Å². The maximum Gasteiger partial charge on any atom is 0.180 e. The first-order valence-corrected chi connectivity index (χ1v) is 8.67. The summed E-state index contributed by atoms with van der Waals surface area (Å²) in [5.74, 6) is 1.62. The number of nitrogens with zero attached hydrogens (tertiary/aromatic N) is 1. The summed E-state index contributed by atoms with van der Waals surface area (Å²) in [6, 6.07) is 14.7. The van der Waals surface area contributed by atoms with Crippen LogP contribution >= 0.6 is 11.6 Å². The summed E-state index contributed by atoms with van der Waals surface area (Å²) in [7, 11) is 0. The summed E-state index contributed by atoms with van der Waals surface area (Å²) in [5, 5.41) is 13.0. The van der Waals surface area contributed by atoms with Crippen molar-refractivity contribution in [2.24, 2.45) is 0 Å². The molecule has 4 nitrogen and oxygen atoms in total. The van der Waals surface area contributed by atoms with Crippen LogP contribution in [0.3, 0.4) is 0 Å². The largest absolute Gasteiger partial charge is 0.474 e. The SMILES string of the molecule is C=C(NC(C)c1cccc(Oc2ccc(Cl)cc2C#N)c1)OC(C)(C)C. The lowest BCUT2D eigenvalue weighted by molar-refractivity contribution is 0.0389. The zero-order chi connectivity index (χ0) is 19.3. The molecule has 2 aromatic carbocycles. The number of ether oxygens (including phenoxy) is 2. The highest BCUT2D eigenvalue weighted by Gasteiger charge is 2.15. The molecule has 0 amide bonds. The number of halogens is 1. The van der Waals surface area contributed by atoms with Crippen LogP contribution in [0.4, 0.5) is 0 Å². The number of nitrogens with one attached hydrogen (secondary N) is 1. The van der Waals surface area contributed by atoms with E-state index in [0.717, 1.165) is 5.56 Å². The number of hydrogen-bond donors (Lipinski definition) is 1. The fraction of sp³-hybridized carbons (Fsp3) is 0.286. The first kappa shape index (κ1) is 19.7. The van der Waals surface area contributed by atoms with E-state index >= 15 is 0 Å². The summed E-state index contributed by atoms with van der Waals surface area (Å²) in [4.78, 5) is 0. The van der Waals surface area contributed by atoms with Crippen molar-refractivity contribution in [2.45, 2.75) is 39.3 Å². The summed E-state index contributed by atoms with van der Waals surface area (Å²) in [6.07, 6.45) is 0. The second kappa shape index (κ2) is 8.16. The highest BCUT2D eigenvalue weighted by Crippen LogP contribution is 2.29. The van der Waals surface area contributed by atoms with E-state index < -0.39 is 0 Å². The van der Waals surface area contributed by atoms with Gasteiger partial charge in [0.05, 0.1) is 11.6 Å². The van der Waals surface area contributed by atoms with Crippen LogP contribution in [-0.4, -0.2) is 5.60 Å². The van der Waals surface area contributed by atoms with Crippen LogP contribution < -0.4 is 10.1 Å². The van der Waals surface area contributed by atoms with Crippen molar-refractivity contribution < 1.29 is 9.47 Å². The first-order valence-electron chi connectivity index (χ1n) is 8.30. The molecular formula is C21H23ClN2O2. The second-order valence-electron chi connectivity index (χ2n) is 6.93. The Morgan fingerprint density at radius 1 is 1.23 bits per heavy atom. The Kier molecular flexibility index (Phi) is 6.18. The fourth-order valence-corrected chi connectivity index (χ4v) is 2.55. The highest BCUT2D eigenvalue weighted by molar-refractivity contribution is 6.30. The highest BCUT2D eigenvalue weighted by atomic mass is 35.5. The van der Waals surface area contributed by atoms with Gasteiger partial charge in [-0.3, -0.25) is 0 Å². The molecule has 0 radical (unpaired) electrons. The van der Waals surface area contributed by atoms with Crippen LogP contribution in [0.2, 0.25) is 5.02 Å². The van der Waals surface area contributed by atoms with E-state index in [0.29, 0.717) is 28.0 Å². The van der Waals surface area contributed by atoms with E-state index in [9.17, 15) is 5.26 Å². The van der Waals surface area contributed by atoms with Gasteiger partial charge in [-0.1, -0.05) is 23.7 Å². The van der Waals surface area contributed by atoms with Crippen LogP contribution in [0.5, 0.6) is 11.5 Å². The average Bonchev–Trinajstić information content (AvgIpc) is 2.55. The smallest absolute Gasteiger partial charge is 0.180 e. The Balaban J connectivity index is 2.13. The molecule has 0 aromatic heterocycles. The van der Waals surface area contributed by atoms with Crippen molar-refractivity contribution in [1.29, 1.82) is 5.26 Å².